The first-order valence-electron chi connectivity index (χ1n) is 5.19. The van der Waals surface area contributed by atoms with Crippen molar-refractivity contribution in [2.75, 3.05) is 0 Å². The molecule has 1 aromatic carbocycles. The summed E-state index contributed by atoms with van der Waals surface area (Å²) in [6.07, 6.45) is 3.15. The molecule has 1 aliphatic rings. The second kappa shape index (κ2) is 3.49. The van der Waals surface area contributed by atoms with Gasteiger partial charge in [-0.1, -0.05) is 0 Å². The highest BCUT2D eigenvalue weighted by molar-refractivity contribution is 9.10. The molecular formula is C12H16BrNO. The van der Waals surface area contributed by atoms with Crippen molar-refractivity contribution in [1.29, 1.82) is 0 Å². The van der Waals surface area contributed by atoms with Crippen molar-refractivity contribution < 1.29 is 5.11 Å². The fourth-order valence-electron chi connectivity index (χ4n) is 1.94. The Morgan fingerprint density at radius 2 is 2.07 bits per heavy atom. The monoisotopic (exact) mass is 269 g/mol. The van der Waals surface area contributed by atoms with Gasteiger partial charge in [0.15, 0.2) is 0 Å². The number of hydrogen-bond acceptors (Lipinski definition) is 2. The van der Waals surface area contributed by atoms with Crippen LogP contribution in [0.2, 0.25) is 0 Å². The van der Waals surface area contributed by atoms with E-state index in [1.807, 2.05) is 13.8 Å². The highest BCUT2D eigenvalue weighted by Crippen LogP contribution is 2.40. The summed E-state index contributed by atoms with van der Waals surface area (Å²) in [6, 6.07) is 1.80. The molecule has 0 unspecified atom stereocenters. The van der Waals surface area contributed by atoms with Gasteiger partial charge in [0.1, 0.15) is 5.75 Å². The number of rotatable bonds is 2. The van der Waals surface area contributed by atoms with E-state index < -0.39 is 0 Å². The zero-order chi connectivity index (χ0) is 11.2. The molecular weight excluding hydrogens is 254 g/mol. The summed E-state index contributed by atoms with van der Waals surface area (Å²) in [5, 5.41) is 9.64. The van der Waals surface area contributed by atoms with Crippen molar-refractivity contribution in [2.24, 2.45) is 5.73 Å². The lowest BCUT2D eigenvalue weighted by Crippen LogP contribution is -2.25. The molecule has 82 valence electrons. The van der Waals surface area contributed by atoms with Gasteiger partial charge >= 0.3 is 0 Å². The first-order valence-corrected chi connectivity index (χ1v) is 5.99. The molecule has 3 heteroatoms. The molecule has 0 spiro atoms. The lowest BCUT2D eigenvalue weighted by Gasteiger charge is -2.16. The summed E-state index contributed by atoms with van der Waals surface area (Å²) in [5.41, 5.74) is 9.67. The number of benzene rings is 1. The van der Waals surface area contributed by atoms with E-state index >= 15 is 0 Å². The Balaban J connectivity index is 2.41. The third-order valence-corrected chi connectivity index (χ3v) is 4.26. The Kier molecular flexibility index (Phi) is 2.55. The second-order valence-corrected chi connectivity index (χ2v) is 5.46. The highest BCUT2D eigenvalue weighted by Gasteiger charge is 2.38. The SMILES string of the molecule is Cc1cc(O)c(Br)c(C)c1CC1(N)CC1. The van der Waals surface area contributed by atoms with Crippen LogP contribution < -0.4 is 5.73 Å². The molecule has 0 amide bonds. The van der Waals surface area contributed by atoms with Crippen molar-refractivity contribution in [3.05, 3.63) is 27.2 Å². The van der Waals surface area contributed by atoms with Crippen LogP contribution in [0.15, 0.2) is 10.5 Å². The van der Waals surface area contributed by atoms with Crippen molar-refractivity contribution in [1.82, 2.24) is 0 Å². The minimum absolute atomic E-state index is 0.0198. The smallest absolute Gasteiger partial charge is 0.130 e. The Hall–Kier alpha value is -0.540. The van der Waals surface area contributed by atoms with Crippen LogP contribution in [0.3, 0.4) is 0 Å². The predicted octanol–water partition coefficient (Wildman–Crippen LogP) is 2.81. The summed E-state index contributed by atoms with van der Waals surface area (Å²) in [6.45, 7) is 4.05. The summed E-state index contributed by atoms with van der Waals surface area (Å²) in [7, 11) is 0. The van der Waals surface area contributed by atoms with Crippen LogP contribution in [0.4, 0.5) is 0 Å². The molecule has 15 heavy (non-hydrogen) atoms. The zero-order valence-electron chi connectivity index (χ0n) is 9.10. The average Bonchev–Trinajstić information content (AvgIpc) is 2.89. The number of hydrogen-bond donors (Lipinski definition) is 2. The molecule has 1 fully saturated rings. The maximum atomic E-state index is 9.64. The molecule has 2 nitrogen and oxygen atoms in total. The highest BCUT2D eigenvalue weighted by atomic mass is 79.9. The Morgan fingerprint density at radius 3 is 2.60 bits per heavy atom. The summed E-state index contributed by atoms with van der Waals surface area (Å²) in [5.74, 6) is 0.315. The van der Waals surface area contributed by atoms with Crippen LogP contribution in [0, 0.1) is 13.8 Å². The molecule has 0 bridgehead atoms. The predicted molar refractivity (Wildman–Crippen MR) is 65.1 cm³/mol. The lowest BCUT2D eigenvalue weighted by atomic mass is 9.95. The minimum atomic E-state index is 0.0198. The van der Waals surface area contributed by atoms with Crippen LogP contribution >= 0.6 is 15.9 Å². The summed E-state index contributed by atoms with van der Waals surface area (Å²) >= 11 is 3.40. The van der Waals surface area contributed by atoms with E-state index in [-0.39, 0.29) is 5.54 Å². The third kappa shape index (κ3) is 2.04. The lowest BCUT2D eigenvalue weighted by molar-refractivity contribution is 0.470. The molecule has 0 atom stereocenters. The van der Waals surface area contributed by atoms with E-state index in [4.69, 9.17) is 5.73 Å². The number of phenols is 1. The van der Waals surface area contributed by atoms with Crippen LogP contribution in [-0.4, -0.2) is 10.6 Å². The first-order chi connectivity index (χ1) is 6.93. The van der Waals surface area contributed by atoms with Gasteiger partial charge in [-0.3, -0.25) is 0 Å². The van der Waals surface area contributed by atoms with Crippen LogP contribution in [0.5, 0.6) is 5.75 Å². The molecule has 0 heterocycles. The number of phenolic OH excluding ortho intramolecular Hbond substituents is 1. The van der Waals surface area contributed by atoms with Gasteiger partial charge in [-0.15, -0.1) is 0 Å². The van der Waals surface area contributed by atoms with Crippen LogP contribution in [0.25, 0.3) is 0 Å². The molecule has 0 radical (unpaired) electrons. The topological polar surface area (TPSA) is 46.2 Å². The van der Waals surface area contributed by atoms with Crippen molar-refractivity contribution >= 4 is 15.9 Å². The number of halogens is 1. The molecule has 2 rings (SSSR count). The largest absolute Gasteiger partial charge is 0.507 e. The average molecular weight is 270 g/mol. The van der Waals surface area contributed by atoms with Crippen LogP contribution in [0.1, 0.15) is 29.5 Å². The van der Waals surface area contributed by atoms with E-state index in [1.54, 1.807) is 6.07 Å². The van der Waals surface area contributed by atoms with Gasteiger partial charge in [0.25, 0.3) is 0 Å². The van der Waals surface area contributed by atoms with E-state index in [0.717, 1.165) is 34.9 Å². The molecule has 1 saturated carbocycles. The van der Waals surface area contributed by atoms with Gasteiger partial charge < -0.3 is 10.8 Å². The number of nitrogens with two attached hydrogens (primary N) is 1. The van der Waals surface area contributed by atoms with Gasteiger partial charge in [-0.05, 0) is 71.8 Å². The maximum absolute atomic E-state index is 9.64. The standard InChI is InChI=1S/C12H16BrNO/c1-7-5-10(15)11(13)8(2)9(7)6-12(14)3-4-12/h5,15H,3-4,6,14H2,1-2H3. The number of aromatic hydroxyl groups is 1. The molecule has 3 N–H and O–H groups in total. The normalized spacial score (nSPS) is 17.9. The fraction of sp³-hybridized carbons (Fsp3) is 0.500. The molecule has 1 aromatic rings. The number of aryl methyl sites for hydroxylation is 1. The van der Waals surface area contributed by atoms with Gasteiger partial charge in [0, 0.05) is 5.54 Å². The summed E-state index contributed by atoms with van der Waals surface area (Å²) in [4.78, 5) is 0. The molecule has 0 aliphatic heterocycles. The summed E-state index contributed by atoms with van der Waals surface area (Å²) < 4.78 is 0.798. The van der Waals surface area contributed by atoms with Gasteiger partial charge in [-0.25, -0.2) is 0 Å². The van der Waals surface area contributed by atoms with Crippen molar-refractivity contribution in [3.8, 4) is 5.75 Å². The third-order valence-electron chi connectivity index (χ3n) is 3.26. The Bertz CT molecular complexity index is 411. The van der Waals surface area contributed by atoms with E-state index in [0.29, 0.717) is 5.75 Å². The van der Waals surface area contributed by atoms with E-state index in [2.05, 4.69) is 15.9 Å². The molecule has 0 saturated heterocycles. The molecule has 1 aliphatic carbocycles. The van der Waals surface area contributed by atoms with Gasteiger partial charge in [-0.2, -0.15) is 0 Å². The second-order valence-electron chi connectivity index (χ2n) is 4.67. The maximum Gasteiger partial charge on any atom is 0.130 e. The van der Waals surface area contributed by atoms with E-state index in [1.165, 1.54) is 5.56 Å². The van der Waals surface area contributed by atoms with Crippen molar-refractivity contribution in [2.45, 2.75) is 38.6 Å². The molecule has 0 aromatic heterocycles. The minimum Gasteiger partial charge on any atom is -0.507 e. The zero-order valence-corrected chi connectivity index (χ0v) is 10.7. The van der Waals surface area contributed by atoms with Gasteiger partial charge in [0.05, 0.1) is 4.47 Å². The quantitative estimate of drug-likeness (QED) is 0.868. The Labute approximate surface area is 98.6 Å². The Morgan fingerprint density at radius 1 is 1.47 bits per heavy atom. The van der Waals surface area contributed by atoms with Gasteiger partial charge in [0.2, 0.25) is 0 Å². The van der Waals surface area contributed by atoms with Crippen molar-refractivity contribution in [3.63, 3.8) is 0 Å². The first kappa shape index (κ1) is 11.0. The van der Waals surface area contributed by atoms with Crippen LogP contribution in [-0.2, 0) is 6.42 Å². The van der Waals surface area contributed by atoms with E-state index in [9.17, 15) is 5.11 Å². The fourth-order valence-corrected chi connectivity index (χ4v) is 2.29.